The fourth-order valence-corrected chi connectivity index (χ4v) is 1.59. The highest BCUT2D eigenvalue weighted by Crippen LogP contribution is 2.32. The highest BCUT2D eigenvalue weighted by atomic mass is 16.4. The molecule has 0 unspecified atom stereocenters. The lowest BCUT2D eigenvalue weighted by molar-refractivity contribution is -0.138. The fraction of sp³-hybridized carbons (Fsp3) is 0.333. The van der Waals surface area contributed by atoms with Gasteiger partial charge in [0, 0.05) is 5.41 Å². The molecular formula is C12H13NO5. The Hall–Kier alpha value is -2.24. The first-order valence-corrected chi connectivity index (χ1v) is 5.21. The van der Waals surface area contributed by atoms with E-state index in [1.54, 1.807) is 0 Å². The second-order valence-electron chi connectivity index (χ2n) is 4.58. The van der Waals surface area contributed by atoms with Gasteiger partial charge in [-0.3, -0.25) is 9.59 Å². The summed E-state index contributed by atoms with van der Waals surface area (Å²) < 4.78 is 0. The molecule has 0 amide bonds. The third kappa shape index (κ3) is 2.91. The molecule has 96 valence electrons. The summed E-state index contributed by atoms with van der Waals surface area (Å²) in [7, 11) is 0. The monoisotopic (exact) mass is 251 g/mol. The molecule has 6 nitrogen and oxygen atoms in total. The van der Waals surface area contributed by atoms with Crippen molar-refractivity contribution in [3.8, 4) is 5.75 Å². The average Bonchev–Trinajstić information content (AvgIpc) is 2.27. The molecule has 1 aromatic rings. The predicted octanol–water partition coefficient (Wildman–Crippen LogP) is 2.47. The number of Topliss-reactive ketones (excluding diaryl/α,β-unsaturated/α-hetero) is 1. The van der Waals surface area contributed by atoms with Crippen molar-refractivity contribution in [2.24, 2.45) is 10.6 Å². The molecule has 0 spiro atoms. The number of phenolic OH excluding ortho intramolecular Hbond substituents is 1. The number of carbonyl (C=O) groups excluding carboxylic acids is 1. The molecule has 0 aliphatic heterocycles. The molecular weight excluding hydrogens is 238 g/mol. The SMILES string of the molecule is CC(C)(CC(=O)O)C(=O)c1cc(N=O)ccc1O. The molecule has 2 N–H and O–H groups in total. The van der Waals surface area contributed by atoms with Crippen molar-refractivity contribution >= 4 is 17.4 Å². The van der Waals surface area contributed by atoms with Crippen LogP contribution in [0.3, 0.4) is 0 Å². The molecule has 0 atom stereocenters. The summed E-state index contributed by atoms with van der Waals surface area (Å²) in [5.41, 5.74) is -1.27. The van der Waals surface area contributed by atoms with Crippen molar-refractivity contribution < 1.29 is 19.8 Å². The summed E-state index contributed by atoms with van der Waals surface area (Å²) in [6, 6.07) is 3.60. The maximum Gasteiger partial charge on any atom is 0.304 e. The number of nitrogens with zero attached hydrogens (tertiary/aromatic N) is 1. The van der Waals surface area contributed by atoms with Gasteiger partial charge in [0.25, 0.3) is 0 Å². The molecule has 18 heavy (non-hydrogen) atoms. The minimum atomic E-state index is -1.18. The highest BCUT2D eigenvalue weighted by Gasteiger charge is 2.33. The number of rotatable bonds is 5. The number of hydrogen-bond acceptors (Lipinski definition) is 5. The number of carboxylic acids is 1. The van der Waals surface area contributed by atoms with Crippen molar-refractivity contribution in [3.63, 3.8) is 0 Å². The van der Waals surface area contributed by atoms with Crippen LogP contribution in [0, 0.1) is 10.3 Å². The summed E-state index contributed by atoms with van der Waals surface area (Å²) in [4.78, 5) is 33.2. The molecule has 0 saturated heterocycles. The van der Waals surface area contributed by atoms with Crippen LogP contribution in [-0.4, -0.2) is 22.0 Å². The Balaban J connectivity index is 3.17. The number of phenols is 1. The van der Waals surface area contributed by atoms with Gasteiger partial charge in [-0.15, -0.1) is 4.91 Å². The van der Waals surface area contributed by atoms with E-state index in [2.05, 4.69) is 5.18 Å². The van der Waals surface area contributed by atoms with E-state index >= 15 is 0 Å². The predicted molar refractivity (Wildman–Crippen MR) is 63.9 cm³/mol. The molecule has 0 aromatic heterocycles. The topological polar surface area (TPSA) is 104 Å². The second kappa shape index (κ2) is 4.95. The first kappa shape index (κ1) is 13.8. The summed E-state index contributed by atoms with van der Waals surface area (Å²) in [5.74, 6) is -1.96. The molecule has 6 heteroatoms. The molecule has 0 saturated carbocycles. The lowest BCUT2D eigenvalue weighted by atomic mass is 9.81. The molecule has 0 aliphatic rings. The van der Waals surface area contributed by atoms with E-state index in [0.717, 1.165) is 6.07 Å². The van der Waals surface area contributed by atoms with E-state index in [1.165, 1.54) is 26.0 Å². The van der Waals surface area contributed by atoms with Crippen LogP contribution < -0.4 is 0 Å². The van der Waals surface area contributed by atoms with Gasteiger partial charge in [0.1, 0.15) is 11.4 Å². The zero-order valence-corrected chi connectivity index (χ0v) is 10.0. The molecule has 0 fully saturated rings. The Kier molecular flexibility index (Phi) is 3.80. The van der Waals surface area contributed by atoms with E-state index in [4.69, 9.17) is 5.11 Å². The van der Waals surface area contributed by atoms with Gasteiger partial charge in [0.05, 0.1) is 12.0 Å². The normalized spacial score (nSPS) is 11.0. The van der Waals surface area contributed by atoms with Crippen molar-refractivity contribution in [2.45, 2.75) is 20.3 Å². The number of benzene rings is 1. The van der Waals surface area contributed by atoms with Crippen LogP contribution in [0.25, 0.3) is 0 Å². The summed E-state index contributed by atoms with van der Waals surface area (Å²) >= 11 is 0. The Bertz CT molecular complexity index is 507. The van der Waals surface area contributed by atoms with Crippen LogP contribution in [0.2, 0.25) is 0 Å². The van der Waals surface area contributed by atoms with Crippen molar-refractivity contribution in [3.05, 3.63) is 28.7 Å². The second-order valence-corrected chi connectivity index (χ2v) is 4.58. The third-order valence-electron chi connectivity index (χ3n) is 2.54. The Labute approximate surface area is 103 Å². The number of carboxylic acid groups (broad SMARTS) is 1. The van der Waals surface area contributed by atoms with Gasteiger partial charge >= 0.3 is 5.97 Å². The van der Waals surface area contributed by atoms with Gasteiger partial charge in [0.2, 0.25) is 0 Å². The van der Waals surface area contributed by atoms with Crippen LogP contribution in [0.15, 0.2) is 23.4 Å². The largest absolute Gasteiger partial charge is 0.507 e. The first-order valence-electron chi connectivity index (χ1n) is 5.21. The minimum Gasteiger partial charge on any atom is -0.507 e. The number of hydrogen-bond donors (Lipinski definition) is 2. The Morgan fingerprint density at radius 1 is 1.33 bits per heavy atom. The van der Waals surface area contributed by atoms with E-state index < -0.39 is 17.2 Å². The number of aromatic hydroxyl groups is 1. The number of nitroso groups, excluding NO2 is 1. The maximum atomic E-state index is 12.1. The number of ketones is 1. The van der Waals surface area contributed by atoms with Crippen LogP contribution in [0.5, 0.6) is 5.75 Å². The van der Waals surface area contributed by atoms with Gasteiger partial charge in [0.15, 0.2) is 5.78 Å². The molecule has 0 bridgehead atoms. The molecule has 0 radical (unpaired) electrons. The molecule has 0 heterocycles. The lowest BCUT2D eigenvalue weighted by Gasteiger charge is -2.21. The first-order chi connectivity index (χ1) is 8.27. The Morgan fingerprint density at radius 3 is 2.44 bits per heavy atom. The summed E-state index contributed by atoms with van der Waals surface area (Å²) in [6.07, 6.45) is -0.371. The van der Waals surface area contributed by atoms with Crippen LogP contribution in [0.1, 0.15) is 30.6 Å². The minimum absolute atomic E-state index is 0.00211. The standard InChI is InChI=1S/C12H13NO5/c1-12(2,6-10(15)16)11(17)8-5-7(13-18)3-4-9(8)14/h3-5,14H,6H2,1-2H3,(H,15,16). The van der Waals surface area contributed by atoms with E-state index in [9.17, 15) is 19.6 Å². The Morgan fingerprint density at radius 2 is 1.94 bits per heavy atom. The number of aliphatic carboxylic acids is 1. The van der Waals surface area contributed by atoms with Gasteiger partial charge in [-0.05, 0) is 23.4 Å². The molecule has 1 rings (SSSR count). The zero-order chi connectivity index (χ0) is 13.9. The van der Waals surface area contributed by atoms with Gasteiger partial charge < -0.3 is 10.2 Å². The highest BCUT2D eigenvalue weighted by molar-refractivity contribution is 6.04. The van der Waals surface area contributed by atoms with Crippen LogP contribution >= 0.6 is 0 Å². The smallest absolute Gasteiger partial charge is 0.304 e. The van der Waals surface area contributed by atoms with Gasteiger partial charge in [-0.25, -0.2) is 0 Å². The lowest BCUT2D eigenvalue weighted by Crippen LogP contribution is -2.27. The van der Waals surface area contributed by atoms with E-state index in [-0.39, 0.29) is 23.4 Å². The van der Waals surface area contributed by atoms with Crippen molar-refractivity contribution in [1.29, 1.82) is 0 Å². The molecule has 1 aromatic carbocycles. The maximum absolute atomic E-state index is 12.1. The molecule has 0 aliphatic carbocycles. The fourth-order valence-electron chi connectivity index (χ4n) is 1.59. The zero-order valence-electron chi connectivity index (χ0n) is 10.0. The summed E-state index contributed by atoms with van der Waals surface area (Å²) in [6.45, 7) is 2.92. The quantitative estimate of drug-likeness (QED) is 0.617. The van der Waals surface area contributed by atoms with E-state index in [1.807, 2.05) is 0 Å². The van der Waals surface area contributed by atoms with Crippen molar-refractivity contribution in [1.82, 2.24) is 0 Å². The van der Waals surface area contributed by atoms with Crippen LogP contribution in [0.4, 0.5) is 5.69 Å². The van der Waals surface area contributed by atoms with Gasteiger partial charge in [-0.2, -0.15) is 0 Å². The number of carbonyl (C=O) groups is 2. The third-order valence-corrected chi connectivity index (χ3v) is 2.54. The van der Waals surface area contributed by atoms with Crippen LogP contribution in [-0.2, 0) is 4.79 Å². The van der Waals surface area contributed by atoms with Crippen molar-refractivity contribution in [2.75, 3.05) is 0 Å². The average molecular weight is 251 g/mol. The summed E-state index contributed by atoms with van der Waals surface area (Å²) in [5, 5.41) is 21.0. The van der Waals surface area contributed by atoms with E-state index in [0.29, 0.717) is 0 Å². The van der Waals surface area contributed by atoms with Gasteiger partial charge in [-0.1, -0.05) is 13.8 Å².